The minimum absolute atomic E-state index is 0.137. The maximum atomic E-state index is 13.1. The summed E-state index contributed by atoms with van der Waals surface area (Å²) in [5.41, 5.74) is 3.33. The van der Waals surface area contributed by atoms with Crippen LogP contribution in [0.1, 0.15) is 31.4 Å². The summed E-state index contributed by atoms with van der Waals surface area (Å²) in [5.74, 6) is 1.11. The molecule has 2 atom stereocenters. The quantitative estimate of drug-likeness (QED) is 0.789. The van der Waals surface area contributed by atoms with Crippen LogP contribution in [0, 0.1) is 11.8 Å². The van der Waals surface area contributed by atoms with E-state index in [1.165, 1.54) is 11.1 Å². The van der Waals surface area contributed by atoms with Crippen LogP contribution in [0.15, 0.2) is 24.4 Å². The molecule has 118 valence electrons. The number of carbonyl (C=O) groups is 1. The highest BCUT2D eigenvalue weighted by atomic mass is 16.5. The van der Waals surface area contributed by atoms with Gasteiger partial charge in [0.2, 0.25) is 5.91 Å². The van der Waals surface area contributed by atoms with Crippen molar-refractivity contribution in [1.82, 2.24) is 4.98 Å². The van der Waals surface area contributed by atoms with Gasteiger partial charge in [0.1, 0.15) is 5.82 Å². The number of anilines is 1. The Balaban J connectivity index is 2.08. The van der Waals surface area contributed by atoms with Crippen LogP contribution in [0.5, 0.6) is 0 Å². The Kier molecular flexibility index (Phi) is 4.30. The third kappa shape index (κ3) is 2.56. The van der Waals surface area contributed by atoms with Crippen LogP contribution < -0.4 is 4.90 Å². The lowest BCUT2D eigenvalue weighted by atomic mass is 9.81. The molecule has 0 bridgehead atoms. The number of fused-ring (bicyclic) bond motifs is 2. The molecule has 0 aliphatic carbocycles. The molecule has 2 aliphatic heterocycles. The van der Waals surface area contributed by atoms with E-state index >= 15 is 0 Å². The van der Waals surface area contributed by atoms with E-state index in [4.69, 9.17) is 4.74 Å². The molecule has 4 nitrogen and oxygen atoms in total. The molecule has 3 rings (SSSR count). The first-order chi connectivity index (χ1) is 10.7. The molecule has 1 fully saturated rings. The highest BCUT2D eigenvalue weighted by molar-refractivity contribution is 5.97. The second kappa shape index (κ2) is 6.21. The van der Waals surface area contributed by atoms with Gasteiger partial charge in [0.25, 0.3) is 0 Å². The van der Waals surface area contributed by atoms with Crippen molar-refractivity contribution in [3.05, 3.63) is 35.5 Å². The minimum Gasteiger partial charge on any atom is -0.377 e. The van der Waals surface area contributed by atoms with E-state index in [0.717, 1.165) is 30.7 Å². The Hall–Kier alpha value is -1.68. The number of ether oxygens (including phenoxy) is 1. The van der Waals surface area contributed by atoms with Crippen molar-refractivity contribution in [2.45, 2.75) is 33.1 Å². The lowest BCUT2D eigenvalue weighted by Gasteiger charge is -2.26. The summed E-state index contributed by atoms with van der Waals surface area (Å²) in [6, 6.07) is 2.22. The number of aryl methyl sites for hydroxylation is 1. The van der Waals surface area contributed by atoms with Gasteiger partial charge in [-0.15, -0.1) is 0 Å². The molecule has 3 heterocycles. The first-order valence-electron chi connectivity index (χ1n) is 8.20. The first-order valence-corrected chi connectivity index (χ1v) is 8.20. The van der Waals surface area contributed by atoms with Crippen LogP contribution in [0.4, 0.5) is 5.82 Å². The molecule has 1 amide bonds. The van der Waals surface area contributed by atoms with Gasteiger partial charge >= 0.3 is 0 Å². The van der Waals surface area contributed by atoms with Crippen LogP contribution in [0.25, 0.3) is 0 Å². The molecule has 2 aliphatic rings. The monoisotopic (exact) mass is 300 g/mol. The number of pyridine rings is 1. The first kappa shape index (κ1) is 15.2. The standard InChI is InChI=1S/C18H24N2O2/c1-4-13-8-15-9-14-6-7-22-11-12(3)16(14)18(21)20(5-2)17(15)19-10-13/h8,10,14,16H,3-7,9,11H2,1-2H3. The Morgan fingerprint density at radius 2 is 2.27 bits per heavy atom. The van der Waals surface area contributed by atoms with Gasteiger partial charge in [0.15, 0.2) is 0 Å². The van der Waals surface area contributed by atoms with E-state index in [0.29, 0.717) is 19.8 Å². The minimum atomic E-state index is -0.137. The molecule has 0 spiro atoms. The second-order valence-corrected chi connectivity index (χ2v) is 6.20. The second-order valence-electron chi connectivity index (χ2n) is 6.20. The Bertz CT molecular complexity index is 597. The van der Waals surface area contributed by atoms with Crippen LogP contribution >= 0.6 is 0 Å². The van der Waals surface area contributed by atoms with Gasteiger partial charge in [-0.2, -0.15) is 0 Å². The number of rotatable bonds is 2. The fourth-order valence-electron chi connectivity index (χ4n) is 3.62. The van der Waals surface area contributed by atoms with Gasteiger partial charge in [-0.1, -0.05) is 19.6 Å². The van der Waals surface area contributed by atoms with Crippen molar-refractivity contribution in [1.29, 1.82) is 0 Å². The van der Waals surface area contributed by atoms with Crippen molar-refractivity contribution >= 4 is 11.7 Å². The van der Waals surface area contributed by atoms with Crippen molar-refractivity contribution in [3.63, 3.8) is 0 Å². The number of aromatic nitrogens is 1. The predicted molar refractivity (Wildman–Crippen MR) is 86.9 cm³/mol. The zero-order chi connectivity index (χ0) is 15.7. The summed E-state index contributed by atoms with van der Waals surface area (Å²) in [6.45, 7) is 10.1. The molecule has 0 saturated carbocycles. The van der Waals surface area contributed by atoms with E-state index in [9.17, 15) is 4.79 Å². The molecule has 1 saturated heterocycles. The molecule has 4 heteroatoms. The zero-order valence-electron chi connectivity index (χ0n) is 13.5. The third-order valence-electron chi connectivity index (χ3n) is 4.83. The Morgan fingerprint density at radius 3 is 3.00 bits per heavy atom. The largest absolute Gasteiger partial charge is 0.377 e. The van der Waals surface area contributed by atoms with Crippen LogP contribution in [0.3, 0.4) is 0 Å². The summed E-state index contributed by atoms with van der Waals surface area (Å²) in [6.07, 6.45) is 4.65. The van der Waals surface area contributed by atoms with Gasteiger partial charge in [-0.25, -0.2) is 4.98 Å². The summed E-state index contributed by atoms with van der Waals surface area (Å²) >= 11 is 0. The van der Waals surface area contributed by atoms with Gasteiger partial charge < -0.3 is 4.74 Å². The van der Waals surface area contributed by atoms with Crippen LogP contribution in [-0.2, 0) is 22.4 Å². The maximum Gasteiger partial charge on any atom is 0.235 e. The lowest BCUT2D eigenvalue weighted by Crippen LogP contribution is -2.39. The maximum absolute atomic E-state index is 13.1. The highest BCUT2D eigenvalue weighted by Gasteiger charge is 2.39. The Morgan fingerprint density at radius 1 is 1.45 bits per heavy atom. The van der Waals surface area contributed by atoms with Crippen molar-refractivity contribution in [3.8, 4) is 0 Å². The van der Waals surface area contributed by atoms with E-state index in [-0.39, 0.29) is 17.7 Å². The summed E-state index contributed by atoms with van der Waals surface area (Å²) < 4.78 is 5.60. The number of amides is 1. The van der Waals surface area contributed by atoms with Gasteiger partial charge in [0, 0.05) is 19.3 Å². The van der Waals surface area contributed by atoms with Gasteiger partial charge in [-0.3, -0.25) is 9.69 Å². The molecule has 1 aromatic rings. The molecule has 22 heavy (non-hydrogen) atoms. The van der Waals surface area contributed by atoms with Crippen LogP contribution in [0.2, 0.25) is 0 Å². The fourth-order valence-corrected chi connectivity index (χ4v) is 3.62. The van der Waals surface area contributed by atoms with E-state index < -0.39 is 0 Å². The number of hydrogen-bond donors (Lipinski definition) is 0. The molecule has 2 unspecified atom stereocenters. The SMILES string of the molecule is C=C1COCCC2Cc3cc(CC)cnc3N(CC)C(=O)C12. The predicted octanol–water partition coefficient (Wildman–Crippen LogP) is 2.76. The smallest absolute Gasteiger partial charge is 0.235 e. The van der Waals surface area contributed by atoms with Gasteiger partial charge in [0.05, 0.1) is 12.5 Å². The number of nitrogens with zero attached hydrogens (tertiary/aromatic N) is 2. The highest BCUT2D eigenvalue weighted by Crippen LogP contribution is 2.37. The summed E-state index contributed by atoms with van der Waals surface area (Å²) in [4.78, 5) is 19.5. The molecule has 1 aromatic heterocycles. The van der Waals surface area contributed by atoms with E-state index in [2.05, 4.69) is 24.6 Å². The average Bonchev–Trinajstić information content (AvgIpc) is 2.76. The van der Waals surface area contributed by atoms with E-state index in [1.807, 2.05) is 18.0 Å². The van der Waals surface area contributed by atoms with Gasteiger partial charge in [-0.05, 0) is 48.8 Å². The van der Waals surface area contributed by atoms with Crippen molar-refractivity contribution in [2.24, 2.45) is 11.8 Å². The zero-order valence-corrected chi connectivity index (χ0v) is 13.5. The van der Waals surface area contributed by atoms with Crippen molar-refractivity contribution in [2.75, 3.05) is 24.7 Å². The lowest BCUT2D eigenvalue weighted by molar-refractivity contribution is -0.122. The number of carbonyl (C=O) groups excluding carboxylic acids is 1. The Labute approximate surface area is 132 Å². The molecular weight excluding hydrogens is 276 g/mol. The van der Waals surface area contributed by atoms with Crippen molar-refractivity contribution < 1.29 is 9.53 Å². The summed E-state index contributed by atoms with van der Waals surface area (Å²) in [7, 11) is 0. The molecular formula is C18H24N2O2. The normalized spacial score (nSPS) is 25.3. The fraction of sp³-hybridized carbons (Fsp3) is 0.556. The number of hydrogen-bond acceptors (Lipinski definition) is 3. The van der Waals surface area contributed by atoms with Crippen LogP contribution in [-0.4, -0.2) is 30.6 Å². The molecule has 0 N–H and O–H groups in total. The third-order valence-corrected chi connectivity index (χ3v) is 4.83. The molecule has 0 aromatic carbocycles. The topological polar surface area (TPSA) is 42.4 Å². The average molecular weight is 300 g/mol. The van der Waals surface area contributed by atoms with E-state index in [1.54, 1.807) is 0 Å². The molecule has 0 radical (unpaired) electrons. The summed E-state index contributed by atoms with van der Waals surface area (Å²) in [5, 5.41) is 0.